The number of nitrogens with zero attached hydrogens (tertiary/aromatic N) is 2. The van der Waals surface area contributed by atoms with E-state index in [0.717, 1.165) is 50.7 Å². The van der Waals surface area contributed by atoms with Crippen LogP contribution in [0.3, 0.4) is 0 Å². The Morgan fingerprint density at radius 1 is 1.38 bits per heavy atom. The second-order valence-electron chi connectivity index (χ2n) is 7.58. The summed E-state index contributed by atoms with van der Waals surface area (Å²) in [6.07, 6.45) is 2.03. The van der Waals surface area contributed by atoms with Gasteiger partial charge in [0.25, 0.3) is 0 Å². The molecule has 2 fully saturated rings. The Morgan fingerprint density at radius 3 is 2.81 bits per heavy atom. The van der Waals surface area contributed by atoms with Crippen LogP contribution in [0.15, 0.2) is 29.3 Å². The van der Waals surface area contributed by atoms with E-state index in [-0.39, 0.29) is 11.2 Å². The molecule has 1 saturated heterocycles. The van der Waals surface area contributed by atoms with E-state index in [2.05, 4.69) is 34.4 Å². The maximum atomic E-state index is 14.1. The van der Waals surface area contributed by atoms with Gasteiger partial charge in [-0.05, 0) is 38.3 Å². The Labute approximate surface area is 156 Å². The Hall–Kier alpha value is -1.66. The predicted octanol–water partition coefficient (Wildman–Crippen LogP) is 2.13. The van der Waals surface area contributed by atoms with E-state index in [1.807, 2.05) is 12.1 Å². The smallest absolute Gasteiger partial charge is 0.191 e. The Kier molecular flexibility index (Phi) is 6.14. The van der Waals surface area contributed by atoms with Gasteiger partial charge in [0.05, 0.1) is 13.2 Å². The van der Waals surface area contributed by atoms with E-state index in [0.29, 0.717) is 18.6 Å². The maximum Gasteiger partial charge on any atom is 0.191 e. The Balaban J connectivity index is 1.50. The highest BCUT2D eigenvalue weighted by atomic mass is 19.1. The first-order chi connectivity index (χ1) is 12.6. The van der Waals surface area contributed by atoms with Gasteiger partial charge >= 0.3 is 0 Å². The highest BCUT2D eigenvalue weighted by Gasteiger charge is 2.45. The van der Waals surface area contributed by atoms with Gasteiger partial charge in [-0.15, -0.1) is 0 Å². The molecule has 2 aliphatic rings. The zero-order chi connectivity index (χ0) is 18.6. The highest BCUT2D eigenvalue weighted by molar-refractivity contribution is 5.79. The topological polar surface area (TPSA) is 48.9 Å². The zero-order valence-corrected chi connectivity index (χ0v) is 16.1. The van der Waals surface area contributed by atoms with Gasteiger partial charge in [0.1, 0.15) is 5.82 Å². The summed E-state index contributed by atoms with van der Waals surface area (Å²) in [6.45, 7) is 8.51. The fraction of sp³-hybridized carbons (Fsp3) is 0.650. The molecule has 0 spiro atoms. The van der Waals surface area contributed by atoms with Crippen molar-refractivity contribution >= 4 is 5.96 Å². The van der Waals surface area contributed by atoms with Crippen molar-refractivity contribution in [2.24, 2.45) is 4.99 Å². The van der Waals surface area contributed by atoms with Crippen molar-refractivity contribution in [3.05, 3.63) is 35.6 Å². The minimum Gasteiger partial charge on any atom is -0.379 e. The molecule has 26 heavy (non-hydrogen) atoms. The molecule has 0 amide bonds. The number of guanidine groups is 1. The number of ether oxygens (including phenoxy) is 1. The van der Waals surface area contributed by atoms with Gasteiger partial charge in [-0.3, -0.25) is 9.89 Å². The quantitative estimate of drug-likeness (QED) is 0.601. The van der Waals surface area contributed by atoms with Crippen molar-refractivity contribution in [2.45, 2.75) is 44.2 Å². The van der Waals surface area contributed by atoms with Crippen LogP contribution < -0.4 is 10.6 Å². The summed E-state index contributed by atoms with van der Waals surface area (Å²) < 4.78 is 19.7. The summed E-state index contributed by atoms with van der Waals surface area (Å²) in [5.41, 5.74) is 0.728. The van der Waals surface area contributed by atoms with Crippen LogP contribution in [0.2, 0.25) is 0 Å². The summed E-state index contributed by atoms with van der Waals surface area (Å²) in [4.78, 5) is 6.79. The summed E-state index contributed by atoms with van der Waals surface area (Å²) in [5, 5.41) is 6.81. The number of benzene rings is 1. The van der Waals surface area contributed by atoms with Crippen LogP contribution in [0.25, 0.3) is 0 Å². The lowest BCUT2D eigenvalue weighted by Gasteiger charge is -2.38. The van der Waals surface area contributed by atoms with Crippen LogP contribution in [0.4, 0.5) is 4.39 Å². The number of hydrogen-bond acceptors (Lipinski definition) is 3. The molecule has 1 aliphatic heterocycles. The number of aliphatic imine (C=N–C) groups is 1. The summed E-state index contributed by atoms with van der Waals surface area (Å²) in [5.74, 6) is 0.671. The Bertz CT molecular complexity index is 632. The number of halogens is 1. The van der Waals surface area contributed by atoms with Crippen LogP contribution in [0.1, 0.15) is 32.3 Å². The van der Waals surface area contributed by atoms with Crippen molar-refractivity contribution in [2.75, 3.05) is 39.9 Å². The first-order valence-corrected chi connectivity index (χ1v) is 9.59. The van der Waals surface area contributed by atoms with Crippen LogP contribution in [0, 0.1) is 5.82 Å². The minimum absolute atomic E-state index is 0.0900. The van der Waals surface area contributed by atoms with E-state index in [9.17, 15) is 4.39 Å². The number of hydrogen-bond donors (Lipinski definition) is 2. The van der Waals surface area contributed by atoms with E-state index in [4.69, 9.17) is 4.74 Å². The second-order valence-corrected chi connectivity index (χ2v) is 7.58. The molecular formula is C20H31FN4O. The third kappa shape index (κ3) is 4.35. The minimum atomic E-state index is -0.107. The first kappa shape index (κ1) is 19.1. The standard InChI is InChI=1S/C20H31FN4O/c1-15(25-10-11-26-13-16(25)2)12-23-19(22-3)24-14-20(8-9-20)17-6-4-5-7-18(17)21/h4-7,15-16H,8-14H2,1-3H3,(H2,22,23,24). The van der Waals surface area contributed by atoms with Crippen molar-refractivity contribution in [1.82, 2.24) is 15.5 Å². The fourth-order valence-corrected chi connectivity index (χ4v) is 3.81. The molecule has 1 aliphatic carbocycles. The summed E-state index contributed by atoms with van der Waals surface area (Å²) >= 11 is 0. The van der Waals surface area contributed by atoms with Gasteiger partial charge in [0, 0.05) is 44.2 Å². The molecule has 0 aromatic heterocycles. The van der Waals surface area contributed by atoms with Gasteiger partial charge < -0.3 is 15.4 Å². The average molecular weight is 362 g/mol. The van der Waals surface area contributed by atoms with E-state index in [1.54, 1.807) is 19.2 Å². The van der Waals surface area contributed by atoms with E-state index < -0.39 is 0 Å². The SMILES string of the molecule is CN=C(NCC(C)N1CCOCC1C)NCC1(c2ccccc2F)CC1. The molecule has 1 saturated carbocycles. The van der Waals surface area contributed by atoms with Gasteiger partial charge in [0.15, 0.2) is 5.96 Å². The van der Waals surface area contributed by atoms with Crippen LogP contribution in [-0.4, -0.2) is 62.8 Å². The number of morpholine rings is 1. The molecule has 0 radical (unpaired) electrons. The monoisotopic (exact) mass is 362 g/mol. The lowest BCUT2D eigenvalue weighted by atomic mass is 9.95. The van der Waals surface area contributed by atoms with Crippen LogP contribution in [-0.2, 0) is 10.2 Å². The molecule has 2 N–H and O–H groups in total. The van der Waals surface area contributed by atoms with Gasteiger partial charge in [-0.1, -0.05) is 18.2 Å². The third-order valence-corrected chi connectivity index (χ3v) is 5.67. The number of rotatable bonds is 6. The first-order valence-electron chi connectivity index (χ1n) is 9.59. The molecule has 2 unspecified atom stereocenters. The third-order valence-electron chi connectivity index (χ3n) is 5.67. The molecule has 144 valence electrons. The lowest BCUT2D eigenvalue weighted by molar-refractivity contribution is -0.0174. The van der Waals surface area contributed by atoms with Crippen LogP contribution in [0.5, 0.6) is 0 Å². The number of nitrogens with one attached hydrogen (secondary N) is 2. The average Bonchev–Trinajstić information content (AvgIpc) is 3.43. The Morgan fingerprint density at radius 2 is 2.15 bits per heavy atom. The van der Waals surface area contributed by atoms with Gasteiger partial charge in [-0.25, -0.2) is 4.39 Å². The molecule has 1 aromatic carbocycles. The molecule has 5 nitrogen and oxygen atoms in total. The normalized spacial score (nSPS) is 24.2. The molecule has 0 bridgehead atoms. The van der Waals surface area contributed by atoms with Crippen LogP contribution >= 0.6 is 0 Å². The maximum absolute atomic E-state index is 14.1. The van der Waals surface area contributed by atoms with E-state index in [1.165, 1.54) is 0 Å². The molecule has 2 atom stereocenters. The van der Waals surface area contributed by atoms with Crippen molar-refractivity contribution in [3.63, 3.8) is 0 Å². The van der Waals surface area contributed by atoms with E-state index >= 15 is 0 Å². The largest absolute Gasteiger partial charge is 0.379 e. The van der Waals surface area contributed by atoms with Gasteiger partial charge in [0.2, 0.25) is 0 Å². The molecule has 1 aromatic rings. The zero-order valence-electron chi connectivity index (χ0n) is 16.1. The van der Waals surface area contributed by atoms with Gasteiger partial charge in [-0.2, -0.15) is 0 Å². The highest BCUT2D eigenvalue weighted by Crippen LogP contribution is 2.48. The molecule has 1 heterocycles. The summed E-state index contributed by atoms with van der Waals surface area (Å²) in [7, 11) is 1.78. The molecular weight excluding hydrogens is 331 g/mol. The van der Waals surface area contributed by atoms with Crippen molar-refractivity contribution < 1.29 is 9.13 Å². The molecule has 6 heteroatoms. The predicted molar refractivity (Wildman–Crippen MR) is 103 cm³/mol. The fourth-order valence-electron chi connectivity index (χ4n) is 3.81. The lowest BCUT2D eigenvalue weighted by Crippen LogP contribution is -2.53. The summed E-state index contributed by atoms with van der Waals surface area (Å²) in [6, 6.07) is 7.95. The van der Waals surface area contributed by atoms with Crippen molar-refractivity contribution in [3.8, 4) is 0 Å². The van der Waals surface area contributed by atoms with Crippen molar-refractivity contribution in [1.29, 1.82) is 0 Å². The molecule has 3 rings (SSSR count). The second kappa shape index (κ2) is 8.35.